The lowest BCUT2D eigenvalue weighted by atomic mass is 10.1. The highest BCUT2D eigenvalue weighted by Gasteiger charge is 2.21. The topological polar surface area (TPSA) is 90.9 Å². The molecule has 7 nitrogen and oxygen atoms in total. The van der Waals surface area contributed by atoms with Crippen LogP contribution in [0.25, 0.3) is 0 Å². The highest BCUT2D eigenvalue weighted by molar-refractivity contribution is 6.05. The van der Waals surface area contributed by atoms with Crippen molar-refractivity contribution in [1.82, 2.24) is 0 Å². The molecule has 0 atom stereocenters. The molecule has 1 amide bonds. The van der Waals surface area contributed by atoms with Crippen molar-refractivity contribution in [3.05, 3.63) is 52.8 Å². The van der Waals surface area contributed by atoms with E-state index in [1.165, 1.54) is 31.2 Å². The first-order chi connectivity index (χ1) is 12.8. The molecule has 1 N–H and O–H groups in total. The molecular formula is C19H16FNO6. The largest absolute Gasteiger partial charge is 0.454 e. The molecule has 0 spiro atoms. The zero-order chi connectivity index (χ0) is 19.6. The maximum Gasteiger partial charge on any atom is 0.338 e. The van der Waals surface area contributed by atoms with Crippen molar-refractivity contribution in [2.75, 3.05) is 18.7 Å². The van der Waals surface area contributed by atoms with Gasteiger partial charge in [0.05, 0.1) is 11.3 Å². The number of benzene rings is 2. The van der Waals surface area contributed by atoms with Gasteiger partial charge in [-0.15, -0.1) is 0 Å². The van der Waals surface area contributed by atoms with Crippen molar-refractivity contribution < 1.29 is 33.0 Å². The number of carbonyl (C=O) groups excluding carboxylic acids is 3. The number of halogens is 1. The average Bonchev–Trinajstić information content (AvgIpc) is 3.08. The quantitative estimate of drug-likeness (QED) is 0.640. The number of ether oxygens (including phenoxy) is 3. The van der Waals surface area contributed by atoms with Crippen LogP contribution < -0.4 is 14.8 Å². The van der Waals surface area contributed by atoms with Crippen LogP contribution in [0.1, 0.15) is 33.2 Å². The summed E-state index contributed by atoms with van der Waals surface area (Å²) >= 11 is 0. The molecule has 0 radical (unpaired) electrons. The lowest BCUT2D eigenvalue weighted by Gasteiger charge is -2.11. The molecule has 3 rings (SSSR count). The van der Waals surface area contributed by atoms with Crippen molar-refractivity contribution in [1.29, 1.82) is 0 Å². The molecule has 0 unspecified atom stereocenters. The van der Waals surface area contributed by atoms with Crippen molar-refractivity contribution in [3.63, 3.8) is 0 Å². The Hall–Kier alpha value is -3.42. The Bertz CT molecular complexity index is 940. The van der Waals surface area contributed by atoms with Crippen LogP contribution in [0.4, 0.5) is 10.1 Å². The predicted molar refractivity (Wildman–Crippen MR) is 92.6 cm³/mol. The number of fused-ring (bicyclic) bond motifs is 1. The van der Waals surface area contributed by atoms with Gasteiger partial charge in [-0.25, -0.2) is 9.18 Å². The van der Waals surface area contributed by atoms with Gasteiger partial charge in [-0.1, -0.05) is 6.07 Å². The molecule has 27 heavy (non-hydrogen) atoms. The molecule has 0 bridgehead atoms. The molecule has 8 heteroatoms. The van der Waals surface area contributed by atoms with Gasteiger partial charge < -0.3 is 19.5 Å². The number of nitrogens with one attached hydrogen (secondary N) is 1. The maximum atomic E-state index is 13.5. The van der Waals surface area contributed by atoms with Gasteiger partial charge in [-0.3, -0.25) is 9.59 Å². The first kappa shape index (κ1) is 18.4. The van der Waals surface area contributed by atoms with E-state index in [1.54, 1.807) is 6.92 Å². The summed E-state index contributed by atoms with van der Waals surface area (Å²) in [7, 11) is 0. The highest BCUT2D eigenvalue weighted by Crippen LogP contribution is 2.37. The van der Waals surface area contributed by atoms with E-state index in [2.05, 4.69) is 5.32 Å². The SMILES string of the molecule is CC(=O)c1cc2c(cc1NC(=O)COC(=O)c1ccc(C)c(F)c1)OCO2. The van der Waals surface area contributed by atoms with E-state index in [9.17, 15) is 18.8 Å². The van der Waals surface area contributed by atoms with Gasteiger partial charge in [0.25, 0.3) is 5.91 Å². The van der Waals surface area contributed by atoms with Crippen molar-refractivity contribution in [2.45, 2.75) is 13.8 Å². The van der Waals surface area contributed by atoms with E-state index in [-0.39, 0.29) is 29.4 Å². The van der Waals surface area contributed by atoms with Crippen molar-refractivity contribution in [3.8, 4) is 11.5 Å². The summed E-state index contributed by atoms with van der Waals surface area (Å²) in [4.78, 5) is 35.8. The van der Waals surface area contributed by atoms with Crippen LogP contribution in [-0.2, 0) is 9.53 Å². The van der Waals surface area contributed by atoms with Crippen molar-refractivity contribution in [2.24, 2.45) is 0 Å². The van der Waals surface area contributed by atoms with Gasteiger partial charge >= 0.3 is 5.97 Å². The van der Waals surface area contributed by atoms with Crippen molar-refractivity contribution >= 4 is 23.3 Å². The van der Waals surface area contributed by atoms with Crippen LogP contribution in [0, 0.1) is 12.7 Å². The van der Waals surface area contributed by atoms with E-state index in [1.807, 2.05) is 0 Å². The molecule has 1 heterocycles. The number of hydrogen-bond acceptors (Lipinski definition) is 6. The van der Waals surface area contributed by atoms with Gasteiger partial charge in [0, 0.05) is 11.6 Å². The Labute approximate surface area is 154 Å². The number of esters is 1. The maximum absolute atomic E-state index is 13.5. The summed E-state index contributed by atoms with van der Waals surface area (Å²) in [6, 6.07) is 6.83. The van der Waals surface area contributed by atoms with E-state index in [4.69, 9.17) is 14.2 Å². The fraction of sp³-hybridized carbons (Fsp3) is 0.211. The van der Waals surface area contributed by atoms with E-state index >= 15 is 0 Å². The van der Waals surface area contributed by atoms with E-state index in [0.717, 1.165) is 6.07 Å². The third-order valence-corrected chi connectivity index (χ3v) is 3.91. The van der Waals surface area contributed by atoms with Crippen LogP contribution >= 0.6 is 0 Å². The lowest BCUT2D eigenvalue weighted by Crippen LogP contribution is -2.22. The number of hydrogen-bond donors (Lipinski definition) is 1. The number of carbonyl (C=O) groups is 3. The molecule has 2 aromatic rings. The number of ketones is 1. The Balaban J connectivity index is 1.66. The Kier molecular flexibility index (Phi) is 5.07. The standard InChI is InChI=1S/C19H16FNO6/c1-10-3-4-12(5-14(10)20)19(24)25-8-18(23)21-15-7-17-16(26-9-27-17)6-13(15)11(2)22/h3-7H,8-9H2,1-2H3,(H,21,23). The molecule has 0 aromatic heterocycles. The first-order valence-corrected chi connectivity index (χ1v) is 8.03. The van der Waals surface area contributed by atoms with E-state index < -0.39 is 24.3 Å². The molecule has 140 valence electrons. The predicted octanol–water partition coefficient (Wildman–Crippen LogP) is 2.86. The second-order valence-electron chi connectivity index (χ2n) is 5.90. The first-order valence-electron chi connectivity index (χ1n) is 8.03. The molecular weight excluding hydrogens is 357 g/mol. The zero-order valence-electron chi connectivity index (χ0n) is 14.6. The van der Waals surface area contributed by atoms with E-state index in [0.29, 0.717) is 17.1 Å². The second kappa shape index (κ2) is 7.45. The second-order valence-corrected chi connectivity index (χ2v) is 5.90. The summed E-state index contributed by atoms with van der Waals surface area (Å²) in [5, 5.41) is 2.50. The van der Waals surface area contributed by atoms with Gasteiger partial charge in [-0.05, 0) is 37.6 Å². The minimum Gasteiger partial charge on any atom is -0.454 e. The summed E-state index contributed by atoms with van der Waals surface area (Å²) in [6.07, 6.45) is 0. The number of anilines is 1. The zero-order valence-corrected chi connectivity index (χ0v) is 14.6. The minimum atomic E-state index is -0.832. The average molecular weight is 373 g/mol. The molecule has 0 fully saturated rings. The molecule has 1 aliphatic rings. The Morgan fingerprint density at radius 1 is 1.15 bits per heavy atom. The lowest BCUT2D eigenvalue weighted by molar-refractivity contribution is -0.119. The molecule has 0 saturated carbocycles. The normalized spacial score (nSPS) is 11.8. The number of aryl methyl sites for hydroxylation is 1. The third-order valence-electron chi connectivity index (χ3n) is 3.91. The van der Waals surface area contributed by atoms with Crippen LogP contribution in [0.15, 0.2) is 30.3 Å². The van der Waals surface area contributed by atoms with Gasteiger partial charge in [0.1, 0.15) is 5.82 Å². The van der Waals surface area contributed by atoms with Crippen LogP contribution in [-0.4, -0.2) is 31.1 Å². The molecule has 0 saturated heterocycles. The minimum absolute atomic E-state index is 0.00148. The number of Topliss-reactive ketones (excluding diaryl/α,β-unsaturated/α-hetero) is 1. The molecule has 2 aromatic carbocycles. The smallest absolute Gasteiger partial charge is 0.338 e. The fourth-order valence-electron chi connectivity index (χ4n) is 2.46. The summed E-state index contributed by atoms with van der Waals surface area (Å²) in [6.45, 7) is 2.34. The van der Waals surface area contributed by atoms with Crippen LogP contribution in [0.3, 0.4) is 0 Å². The highest BCUT2D eigenvalue weighted by atomic mass is 19.1. The molecule has 1 aliphatic heterocycles. The van der Waals surface area contributed by atoms with Crippen LogP contribution in [0.5, 0.6) is 11.5 Å². The van der Waals surface area contributed by atoms with Gasteiger partial charge in [0.2, 0.25) is 6.79 Å². The monoisotopic (exact) mass is 373 g/mol. The number of amides is 1. The number of rotatable bonds is 5. The Morgan fingerprint density at radius 3 is 2.52 bits per heavy atom. The summed E-state index contributed by atoms with van der Waals surface area (Å²) in [5.74, 6) is -1.51. The van der Waals surface area contributed by atoms with Gasteiger partial charge in [0.15, 0.2) is 23.9 Å². The fourth-order valence-corrected chi connectivity index (χ4v) is 2.46. The summed E-state index contributed by atoms with van der Waals surface area (Å²) < 4.78 is 28.8. The summed E-state index contributed by atoms with van der Waals surface area (Å²) in [5.41, 5.74) is 0.843. The molecule has 0 aliphatic carbocycles. The Morgan fingerprint density at radius 2 is 1.85 bits per heavy atom. The van der Waals surface area contributed by atoms with Crippen LogP contribution in [0.2, 0.25) is 0 Å². The van der Waals surface area contributed by atoms with Gasteiger partial charge in [-0.2, -0.15) is 0 Å². The third kappa shape index (κ3) is 4.05.